The van der Waals surface area contributed by atoms with Crippen molar-refractivity contribution in [3.8, 4) is 11.4 Å². The van der Waals surface area contributed by atoms with Crippen LogP contribution in [0.4, 0.5) is 5.69 Å². The van der Waals surface area contributed by atoms with Crippen LogP contribution in [0.15, 0.2) is 24.5 Å². The molecule has 7 heteroatoms. The second-order valence-electron chi connectivity index (χ2n) is 3.33. The van der Waals surface area contributed by atoms with E-state index in [-0.39, 0.29) is 5.69 Å². The number of aromatic nitrogens is 3. The Kier molecular flexibility index (Phi) is 3.06. The van der Waals surface area contributed by atoms with Crippen LogP contribution in [-0.2, 0) is 6.54 Å². The van der Waals surface area contributed by atoms with Gasteiger partial charge in [-0.25, -0.2) is 0 Å². The van der Waals surface area contributed by atoms with Crippen LogP contribution < -0.4 is 0 Å². The monoisotopic (exact) mass is 252 g/mol. The highest BCUT2D eigenvalue weighted by Gasteiger charge is 2.22. The predicted octanol–water partition coefficient (Wildman–Crippen LogP) is 2.53. The number of nitrogens with zero attached hydrogens (tertiary/aromatic N) is 4. The van der Waals surface area contributed by atoms with Gasteiger partial charge in [0.05, 0.1) is 9.95 Å². The van der Waals surface area contributed by atoms with Gasteiger partial charge in [0.2, 0.25) is 0 Å². The van der Waals surface area contributed by atoms with Gasteiger partial charge < -0.3 is 4.57 Å². The number of rotatable bonds is 3. The van der Waals surface area contributed by atoms with Crippen LogP contribution in [0.5, 0.6) is 0 Å². The topological polar surface area (TPSA) is 73.8 Å². The number of aryl methyl sites for hydroxylation is 1. The van der Waals surface area contributed by atoms with Crippen LogP contribution in [-0.4, -0.2) is 19.7 Å². The lowest BCUT2D eigenvalue weighted by Gasteiger charge is -2.05. The molecule has 6 nitrogen and oxygen atoms in total. The minimum atomic E-state index is -0.476. The first-order valence-corrected chi connectivity index (χ1v) is 5.34. The zero-order valence-electron chi connectivity index (χ0n) is 9.00. The highest BCUT2D eigenvalue weighted by Crippen LogP contribution is 2.34. The first-order chi connectivity index (χ1) is 8.15. The molecule has 1 aromatic carbocycles. The van der Waals surface area contributed by atoms with E-state index < -0.39 is 4.92 Å². The SMILES string of the molecule is CCn1cnnc1-c1c(Cl)cccc1[N+](=O)[O-]. The van der Waals surface area contributed by atoms with Crippen molar-refractivity contribution in [1.82, 2.24) is 14.8 Å². The Morgan fingerprint density at radius 2 is 2.29 bits per heavy atom. The van der Waals surface area contributed by atoms with Gasteiger partial charge in [-0.05, 0) is 13.0 Å². The number of halogens is 1. The highest BCUT2D eigenvalue weighted by molar-refractivity contribution is 6.33. The van der Waals surface area contributed by atoms with Crippen LogP contribution in [0.3, 0.4) is 0 Å². The van der Waals surface area contributed by atoms with E-state index in [2.05, 4.69) is 10.2 Å². The molecule has 1 aromatic heterocycles. The van der Waals surface area contributed by atoms with Crippen molar-refractivity contribution >= 4 is 17.3 Å². The molecule has 0 spiro atoms. The first-order valence-electron chi connectivity index (χ1n) is 4.96. The molecule has 0 aliphatic heterocycles. The minimum Gasteiger partial charge on any atom is -0.314 e. The molecular formula is C10H9ClN4O2. The molecule has 17 heavy (non-hydrogen) atoms. The maximum Gasteiger partial charge on any atom is 0.281 e. The first kappa shape index (κ1) is 11.5. The van der Waals surface area contributed by atoms with Crippen LogP contribution in [0.25, 0.3) is 11.4 Å². The van der Waals surface area contributed by atoms with Crippen molar-refractivity contribution in [2.24, 2.45) is 0 Å². The molecule has 88 valence electrons. The second-order valence-corrected chi connectivity index (χ2v) is 3.74. The molecule has 0 unspecified atom stereocenters. The molecule has 2 aromatic rings. The predicted molar refractivity (Wildman–Crippen MR) is 62.8 cm³/mol. The van der Waals surface area contributed by atoms with Crippen molar-refractivity contribution < 1.29 is 4.92 Å². The van der Waals surface area contributed by atoms with E-state index >= 15 is 0 Å². The smallest absolute Gasteiger partial charge is 0.281 e. The maximum absolute atomic E-state index is 11.0. The van der Waals surface area contributed by atoms with Gasteiger partial charge in [-0.2, -0.15) is 0 Å². The lowest BCUT2D eigenvalue weighted by Crippen LogP contribution is -2.00. The summed E-state index contributed by atoms with van der Waals surface area (Å²) in [6.07, 6.45) is 1.52. The number of benzene rings is 1. The molecule has 0 aliphatic carbocycles. The standard InChI is InChI=1S/C10H9ClN4O2/c1-2-14-6-12-13-10(14)9-7(11)4-3-5-8(9)15(16)17/h3-6H,2H2,1H3. The van der Waals surface area contributed by atoms with Gasteiger partial charge in [0.1, 0.15) is 11.9 Å². The Morgan fingerprint density at radius 3 is 2.94 bits per heavy atom. The molecule has 0 aliphatic rings. The van der Waals surface area contributed by atoms with Gasteiger partial charge >= 0.3 is 0 Å². The fourth-order valence-electron chi connectivity index (χ4n) is 1.57. The maximum atomic E-state index is 11.0. The summed E-state index contributed by atoms with van der Waals surface area (Å²) in [6, 6.07) is 4.53. The second kappa shape index (κ2) is 4.50. The quantitative estimate of drug-likeness (QED) is 0.621. The lowest BCUT2D eigenvalue weighted by atomic mass is 10.1. The van der Waals surface area contributed by atoms with E-state index in [0.29, 0.717) is 23.0 Å². The fraction of sp³-hybridized carbons (Fsp3) is 0.200. The summed E-state index contributed by atoms with van der Waals surface area (Å²) >= 11 is 6.01. The highest BCUT2D eigenvalue weighted by atomic mass is 35.5. The van der Waals surface area contributed by atoms with E-state index in [1.165, 1.54) is 18.5 Å². The molecule has 2 rings (SSSR count). The average molecular weight is 253 g/mol. The van der Waals surface area contributed by atoms with Gasteiger partial charge in [0.25, 0.3) is 5.69 Å². The Hall–Kier alpha value is -1.95. The number of nitro benzene ring substituents is 1. The van der Waals surface area contributed by atoms with Crippen LogP contribution in [0.2, 0.25) is 5.02 Å². The van der Waals surface area contributed by atoms with Gasteiger partial charge in [-0.15, -0.1) is 10.2 Å². The van der Waals surface area contributed by atoms with Gasteiger partial charge in [0.15, 0.2) is 5.82 Å². The zero-order chi connectivity index (χ0) is 12.4. The van der Waals surface area contributed by atoms with Crippen molar-refractivity contribution in [3.63, 3.8) is 0 Å². The van der Waals surface area contributed by atoms with Crippen molar-refractivity contribution in [1.29, 1.82) is 0 Å². The van der Waals surface area contributed by atoms with Gasteiger partial charge in [-0.3, -0.25) is 10.1 Å². The summed E-state index contributed by atoms with van der Waals surface area (Å²) in [6.45, 7) is 2.51. The summed E-state index contributed by atoms with van der Waals surface area (Å²) in [5.41, 5.74) is 0.235. The number of hydrogen-bond donors (Lipinski definition) is 0. The molecular weight excluding hydrogens is 244 g/mol. The minimum absolute atomic E-state index is 0.0693. The van der Waals surface area contributed by atoms with Crippen molar-refractivity contribution in [3.05, 3.63) is 39.7 Å². The third-order valence-electron chi connectivity index (χ3n) is 2.37. The molecule has 1 heterocycles. The molecule has 0 N–H and O–H groups in total. The van der Waals surface area contributed by atoms with Crippen molar-refractivity contribution in [2.45, 2.75) is 13.5 Å². The molecule has 0 saturated carbocycles. The fourth-order valence-corrected chi connectivity index (χ4v) is 1.82. The normalized spacial score (nSPS) is 10.5. The van der Waals surface area contributed by atoms with Crippen LogP contribution in [0, 0.1) is 10.1 Å². The number of nitro groups is 1. The summed E-state index contributed by atoms with van der Waals surface area (Å²) in [5.74, 6) is 0.407. The third kappa shape index (κ3) is 1.99. The van der Waals surface area contributed by atoms with Gasteiger partial charge in [0, 0.05) is 12.6 Å². The number of hydrogen-bond acceptors (Lipinski definition) is 4. The van der Waals surface area contributed by atoms with E-state index in [1.807, 2.05) is 6.92 Å². The molecule has 0 fully saturated rings. The average Bonchev–Trinajstić information content (AvgIpc) is 2.76. The third-order valence-corrected chi connectivity index (χ3v) is 2.68. The Bertz CT molecular complexity index is 567. The van der Waals surface area contributed by atoms with Crippen LogP contribution in [0.1, 0.15) is 6.92 Å². The molecule has 0 saturated heterocycles. The molecule has 0 bridgehead atoms. The molecule has 0 radical (unpaired) electrons. The van der Waals surface area contributed by atoms with Crippen molar-refractivity contribution in [2.75, 3.05) is 0 Å². The van der Waals surface area contributed by atoms with Crippen LogP contribution >= 0.6 is 11.6 Å². The molecule has 0 amide bonds. The van der Waals surface area contributed by atoms with E-state index in [4.69, 9.17) is 11.6 Å². The van der Waals surface area contributed by atoms with Gasteiger partial charge in [-0.1, -0.05) is 17.7 Å². The Labute approximate surface area is 102 Å². The Balaban J connectivity index is 2.70. The summed E-state index contributed by atoms with van der Waals surface area (Å²) in [4.78, 5) is 10.5. The summed E-state index contributed by atoms with van der Waals surface area (Å²) < 4.78 is 1.70. The van der Waals surface area contributed by atoms with E-state index in [0.717, 1.165) is 0 Å². The Morgan fingerprint density at radius 1 is 1.53 bits per heavy atom. The molecule has 0 atom stereocenters. The summed E-state index contributed by atoms with van der Waals surface area (Å²) in [5, 5.41) is 18.9. The largest absolute Gasteiger partial charge is 0.314 e. The summed E-state index contributed by atoms with van der Waals surface area (Å²) in [7, 11) is 0. The zero-order valence-corrected chi connectivity index (χ0v) is 9.76. The van der Waals surface area contributed by atoms with E-state index in [9.17, 15) is 10.1 Å². The van der Waals surface area contributed by atoms with E-state index in [1.54, 1.807) is 10.6 Å². The lowest BCUT2D eigenvalue weighted by molar-refractivity contribution is -0.384.